The van der Waals surface area contributed by atoms with Crippen molar-refractivity contribution in [3.05, 3.63) is 59.7 Å². The topological polar surface area (TPSA) is 29.1 Å². The Bertz CT molecular complexity index is 538. The van der Waals surface area contributed by atoms with Crippen molar-refractivity contribution in [1.29, 1.82) is 0 Å². The van der Waals surface area contributed by atoms with Gasteiger partial charge in [-0.3, -0.25) is 4.79 Å². The molecular weight excluding hydrogens is 270 g/mol. The third-order valence-corrected chi connectivity index (χ3v) is 3.03. The van der Waals surface area contributed by atoms with Crippen LogP contribution in [0.3, 0.4) is 0 Å². The molecule has 2 nitrogen and oxygen atoms in total. The average Bonchev–Trinajstić information content (AvgIpc) is 2.49. The van der Waals surface area contributed by atoms with Gasteiger partial charge in [0.1, 0.15) is 0 Å². The summed E-state index contributed by atoms with van der Waals surface area (Å²) < 4.78 is 0. The van der Waals surface area contributed by atoms with Gasteiger partial charge in [-0.2, -0.15) is 0 Å². The predicted octanol–water partition coefficient (Wildman–Crippen LogP) is 4.84. The number of carbonyl (C=O) groups excluding carboxylic acids is 1. The molecule has 0 saturated heterocycles. The zero-order valence-electron chi connectivity index (χ0n) is 13.9. The van der Waals surface area contributed by atoms with Crippen LogP contribution in [0.25, 0.3) is 12.2 Å². The summed E-state index contributed by atoms with van der Waals surface area (Å²) in [6.45, 7) is 6.91. The van der Waals surface area contributed by atoms with E-state index in [0.29, 0.717) is 5.92 Å². The number of allylic oxidation sites excluding steroid dienone is 3. The van der Waals surface area contributed by atoms with Gasteiger partial charge in [0.05, 0.1) is 0 Å². The van der Waals surface area contributed by atoms with Crippen LogP contribution >= 0.6 is 0 Å². The summed E-state index contributed by atoms with van der Waals surface area (Å²) >= 11 is 0. The first-order chi connectivity index (χ1) is 10.6. The Morgan fingerprint density at radius 3 is 2.50 bits per heavy atom. The number of rotatable bonds is 8. The van der Waals surface area contributed by atoms with Gasteiger partial charge >= 0.3 is 0 Å². The molecule has 0 fully saturated rings. The smallest absolute Gasteiger partial charge is 0.243 e. The van der Waals surface area contributed by atoms with Crippen LogP contribution in [0.2, 0.25) is 0 Å². The average molecular weight is 297 g/mol. The molecule has 118 valence electrons. The highest BCUT2D eigenvalue weighted by atomic mass is 16.1. The molecule has 0 aliphatic rings. The third kappa shape index (κ3) is 8.25. The van der Waals surface area contributed by atoms with E-state index in [4.69, 9.17) is 0 Å². The summed E-state index contributed by atoms with van der Waals surface area (Å²) in [6.07, 6.45) is 13.8. The van der Waals surface area contributed by atoms with E-state index < -0.39 is 0 Å². The van der Waals surface area contributed by atoms with Crippen LogP contribution in [-0.2, 0) is 4.79 Å². The highest BCUT2D eigenvalue weighted by molar-refractivity contribution is 5.87. The monoisotopic (exact) mass is 297 g/mol. The summed E-state index contributed by atoms with van der Waals surface area (Å²) in [5, 5.41) is 2.87. The van der Waals surface area contributed by atoms with E-state index in [1.165, 1.54) is 11.1 Å². The molecule has 22 heavy (non-hydrogen) atoms. The molecule has 1 aromatic carbocycles. The summed E-state index contributed by atoms with van der Waals surface area (Å²) in [7, 11) is 0. The molecule has 0 radical (unpaired) electrons. The van der Waals surface area contributed by atoms with Crippen LogP contribution in [0.1, 0.15) is 44.7 Å². The van der Waals surface area contributed by atoms with Gasteiger partial charge in [-0.1, -0.05) is 62.4 Å². The van der Waals surface area contributed by atoms with Crippen LogP contribution < -0.4 is 5.32 Å². The minimum atomic E-state index is -0.00302. The maximum absolute atomic E-state index is 11.5. The van der Waals surface area contributed by atoms with E-state index >= 15 is 0 Å². The van der Waals surface area contributed by atoms with E-state index in [1.807, 2.05) is 19.1 Å². The third-order valence-electron chi connectivity index (χ3n) is 3.03. The second-order valence-corrected chi connectivity index (χ2v) is 5.69. The quantitative estimate of drug-likeness (QED) is 0.540. The highest BCUT2D eigenvalue weighted by Gasteiger charge is 1.96. The molecule has 0 aliphatic carbocycles. The fraction of sp³-hybridized carbons (Fsp3) is 0.350. The van der Waals surface area contributed by atoms with Crippen molar-refractivity contribution >= 4 is 18.1 Å². The molecule has 1 rings (SSSR count). The van der Waals surface area contributed by atoms with Crippen LogP contribution in [-0.4, -0.2) is 12.5 Å². The van der Waals surface area contributed by atoms with Crippen molar-refractivity contribution in [3.63, 3.8) is 0 Å². The lowest BCUT2D eigenvalue weighted by molar-refractivity contribution is -0.116. The summed E-state index contributed by atoms with van der Waals surface area (Å²) in [4.78, 5) is 11.5. The van der Waals surface area contributed by atoms with Gasteiger partial charge in [0, 0.05) is 6.54 Å². The number of amides is 1. The zero-order chi connectivity index (χ0) is 16.2. The van der Waals surface area contributed by atoms with Gasteiger partial charge in [-0.15, -0.1) is 0 Å². The van der Waals surface area contributed by atoms with Gasteiger partial charge in [-0.25, -0.2) is 0 Å². The molecule has 1 amide bonds. The summed E-state index contributed by atoms with van der Waals surface area (Å²) in [6, 6.07) is 8.41. The van der Waals surface area contributed by atoms with Crippen LogP contribution in [0.4, 0.5) is 0 Å². The Labute approximate surface area is 134 Å². The molecule has 0 spiro atoms. The second kappa shape index (κ2) is 10.6. The first kappa shape index (κ1) is 18.0. The lowest BCUT2D eigenvalue weighted by Crippen LogP contribution is -2.25. The van der Waals surface area contributed by atoms with Crippen molar-refractivity contribution < 1.29 is 4.79 Å². The Hall–Kier alpha value is -2.09. The van der Waals surface area contributed by atoms with E-state index in [9.17, 15) is 4.79 Å². The molecule has 0 unspecified atom stereocenters. The largest absolute Gasteiger partial charge is 0.352 e. The fourth-order valence-electron chi connectivity index (χ4n) is 1.92. The van der Waals surface area contributed by atoms with Gasteiger partial charge in [0.25, 0.3) is 0 Å². The van der Waals surface area contributed by atoms with Crippen LogP contribution in [0.5, 0.6) is 0 Å². The molecule has 0 atom stereocenters. The van der Waals surface area contributed by atoms with Crippen molar-refractivity contribution in [3.8, 4) is 0 Å². The molecule has 0 aromatic heterocycles. The predicted molar refractivity (Wildman–Crippen MR) is 96.4 cm³/mol. The molecule has 0 bridgehead atoms. The molecule has 0 aliphatic heterocycles. The summed E-state index contributed by atoms with van der Waals surface area (Å²) in [5.74, 6) is 0.482. The highest BCUT2D eigenvalue weighted by Crippen LogP contribution is 2.09. The van der Waals surface area contributed by atoms with Gasteiger partial charge in [-0.05, 0) is 49.0 Å². The molecular formula is C20H27NO. The lowest BCUT2D eigenvalue weighted by Gasteiger charge is -2.03. The Kier molecular flexibility index (Phi) is 8.66. The van der Waals surface area contributed by atoms with Crippen LogP contribution in [0, 0.1) is 5.92 Å². The van der Waals surface area contributed by atoms with E-state index in [1.54, 1.807) is 6.08 Å². The van der Waals surface area contributed by atoms with E-state index in [-0.39, 0.29) is 5.91 Å². The SMILES string of the molecule is CC=Cc1cccc(C=CCCC=CC(=O)NCC(C)C)c1. The zero-order valence-corrected chi connectivity index (χ0v) is 13.9. The standard InChI is InChI=1S/C20H27NO/c1-4-10-18-12-9-13-19(15-18)11-7-5-6-8-14-20(22)21-16-17(2)3/h4,7-15,17H,5-6,16H2,1-3H3,(H,21,22). The fourth-order valence-corrected chi connectivity index (χ4v) is 1.92. The Morgan fingerprint density at radius 1 is 1.14 bits per heavy atom. The van der Waals surface area contributed by atoms with E-state index in [2.05, 4.69) is 61.7 Å². The number of nitrogens with one attached hydrogen (secondary N) is 1. The molecule has 1 N–H and O–H groups in total. The molecule has 2 heteroatoms. The maximum Gasteiger partial charge on any atom is 0.243 e. The van der Waals surface area contributed by atoms with Crippen molar-refractivity contribution in [2.75, 3.05) is 6.54 Å². The normalized spacial score (nSPS) is 12.0. The van der Waals surface area contributed by atoms with Crippen molar-refractivity contribution in [1.82, 2.24) is 5.32 Å². The van der Waals surface area contributed by atoms with Gasteiger partial charge < -0.3 is 5.32 Å². The number of carbonyl (C=O) groups is 1. The molecule has 0 saturated carbocycles. The molecule has 1 aromatic rings. The molecule has 0 heterocycles. The number of hydrogen-bond acceptors (Lipinski definition) is 1. The summed E-state index contributed by atoms with van der Waals surface area (Å²) in [5.41, 5.74) is 2.42. The minimum absolute atomic E-state index is 0.00302. The Balaban J connectivity index is 2.32. The van der Waals surface area contributed by atoms with Gasteiger partial charge in [0.15, 0.2) is 0 Å². The maximum atomic E-state index is 11.5. The van der Waals surface area contributed by atoms with Gasteiger partial charge in [0.2, 0.25) is 5.91 Å². The number of benzene rings is 1. The van der Waals surface area contributed by atoms with Crippen molar-refractivity contribution in [2.45, 2.75) is 33.6 Å². The second-order valence-electron chi connectivity index (χ2n) is 5.69. The first-order valence-corrected chi connectivity index (χ1v) is 7.95. The van der Waals surface area contributed by atoms with Crippen molar-refractivity contribution in [2.24, 2.45) is 5.92 Å². The minimum Gasteiger partial charge on any atom is -0.352 e. The first-order valence-electron chi connectivity index (χ1n) is 7.95. The number of unbranched alkanes of at least 4 members (excludes halogenated alkanes) is 1. The Morgan fingerprint density at radius 2 is 1.82 bits per heavy atom. The number of hydrogen-bond donors (Lipinski definition) is 1. The van der Waals surface area contributed by atoms with E-state index in [0.717, 1.165) is 19.4 Å². The van der Waals surface area contributed by atoms with Crippen LogP contribution in [0.15, 0.2) is 48.6 Å². The lowest BCUT2D eigenvalue weighted by atomic mass is 10.1.